The summed E-state index contributed by atoms with van der Waals surface area (Å²) in [5.74, 6) is -0.748. The molecule has 0 radical (unpaired) electrons. The molecule has 1 aliphatic rings. The molecule has 5 nitrogen and oxygen atoms in total. The summed E-state index contributed by atoms with van der Waals surface area (Å²) >= 11 is 6.31. The van der Waals surface area contributed by atoms with Gasteiger partial charge in [-0.1, -0.05) is 18.5 Å². The summed E-state index contributed by atoms with van der Waals surface area (Å²) in [5, 5.41) is 18.0. The van der Waals surface area contributed by atoms with Crippen LogP contribution in [0.5, 0.6) is 5.75 Å². The Labute approximate surface area is 184 Å². The fraction of sp³-hybridized carbons (Fsp3) is 0.545. The Morgan fingerprint density at radius 1 is 1.26 bits per heavy atom. The van der Waals surface area contributed by atoms with Gasteiger partial charge < -0.3 is 10.4 Å². The van der Waals surface area contributed by atoms with Gasteiger partial charge in [0.05, 0.1) is 27.5 Å². The lowest BCUT2D eigenvalue weighted by Crippen LogP contribution is -2.38. The van der Waals surface area contributed by atoms with Gasteiger partial charge in [-0.25, -0.2) is 0 Å². The first-order valence-corrected chi connectivity index (χ1v) is 10.8. The molecule has 0 aliphatic heterocycles. The third-order valence-corrected chi connectivity index (χ3v) is 6.49. The minimum atomic E-state index is -4.59. The molecule has 0 saturated heterocycles. The monoisotopic (exact) mass is 457 g/mol. The number of benzene rings is 1. The van der Waals surface area contributed by atoms with E-state index >= 15 is 0 Å². The topological polar surface area (TPSA) is 67.2 Å². The van der Waals surface area contributed by atoms with Crippen LogP contribution in [0.15, 0.2) is 12.1 Å². The van der Waals surface area contributed by atoms with E-state index in [-0.39, 0.29) is 17.2 Å². The maximum atomic E-state index is 13.2. The van der Waals surface area contributed by atoms with Gasteiger partial charge in [-0.05, 0) is 69.6 Å². The molecular weight excluding hydrogens is 431 g/mol. The van der Waals surface area contributed by atoms with Crippen molar-refractivity contribution in [2.75, 3.05) is 0 Å². The number of nitrogens with one attached hydrogen (secondary N) is 1. The number of hydrogen-bond donors (Lipinski definition) is 2. The number of phenolic OH excluding ortho intramolecular Hbond substituents is 1. The van der Waals surface area contributed by atoms with E-state index in [9.17, 15) is 23.1 Å². The van der Waals surface area contributed by atoms with Gasteiger partial charge in [0.1, 0.15) is 5.75 Å². The normalized spacial score (nSPS) is 19.5. The number of halogens is 4. The molecular formula is C22H27ClF3N3O2. The molecule has 9 heteroatoms. The highest BCUT2D eigenvalue weighted by atomic mass is 35.5. The van der Waals surface area contributed by atoms with Gasteiger partial charge in [-0.2, -0.15) is 18.3 Å². The van der Waals surface area contributed by atoms with Gasteiger partial charge in [0.2, 0.25) is 0 Å². The summed E-state index contributed by atoms with van der Waals surface area (Å²) in [7, 11) is 0. The van der Waals surface area contributed by atoms with Gasteiger partial charge in [-0.15, -0.1) is 0 Å². The highest BCUT2D eigenvalue weighted by Crippen LogP contribution is 2.35. The molecule has 0 bridgehead atoms. The van der Waals surface area contributed by atoms with Crippen molar-refractivity contribution < 1.29 is 23.1 Å². The summed E-state index contributed by atoms with van der Waals surface area (Å²) in [6.07, 6.45) is -0.646. The van der Waals surface area contributed by atoms with Gasteiger partial charge in [0, 0.05) is 12.6 Å². The first-order chi connectivity index (χ1) is 14.5. The number of aryl methyl sites for hydroxylation is 2. The van der Waals surface area contributed by atoms with Crippen molar-refractivity contribution in [3.63, 3.8) is 0 Å². The van der Waals surface area contributed by atoms with Crippen molar-refractivity contribution >= 4 is 17.5 Å². The molecule has 0 atom stereocenters. The minimum absolute atomic E-state index is 0.123. The van der Waals surface area contributed by atoms with Gasteiger partial charge in [0.15, 0.2) is 0 Å². The molecule has 2 aromatic rings. The average molecular weight is 458 g/mol. The molecule has 1 saturated carbocycles. The number of amides is 1. The van der Waals surface area contributed by atoms with Crippen LogP contribution in [-0.4, -0.2) is 26.8 Å². The van der Waals surface area contributed by atoms with Crippen LogP contribution in [-0.2, 0) is 19.1 Å². The standard InChI is InChI=1S/C22H27ClF3N3O2/c1-4-18-20(23)13(3)28-29(18)11-14-5-7-15(8-6-14)27-21(31)16-10-17(22(24,25)26)12(2)9-19(16)30/h9-10,14-15,30H,4-8,11H2,1-3H3,(H,27,31). The number of aromatic hydroxyl groups is 1. The van der Waals surface area contributed by atoms with E-state index in [1.54, 1.807) is 0 Å². The summed E-state index contributed by atoms with van der Waals surface area (Å²) < 4.78 is 41.4. The lowest BCUT2D eigenvalue weighted by atomic mass is 9.85. The Balaban J connectivity index is 1.61. The quantitative estimate of drug-likeness (QED) is 0.629. The Morgan fingerprint density at radius 3 is 2.48 bits per heavy atom. The van der Waals surface area contributed by atoms with E-state index in [4.69, 9.17) is 11.6 Å². The van der Waals surface area contributed by atoms with Crippen LogP contribution in [0.1, 0.15) is 65.5 Å². The van der Waals surface area contributed by atoms with E-state index in [1.165, 1.54) is 6.92 Å². The SMILES string of the molecule is CCc1c(Cl)c(C)nn1CC1CCC(NC(=O)c2cc(C(F)(F)F)c(C)cc2O)CC1. The summed E-state index contributed by atoms with van der Waals surface area (Å²) in [6, 6.07) is 1.56. The number of alkyl halides is 3. The zero-order chi connectivity index (χ0) is 22.9. The predicted octanol–water partition coefficient (Wildman–Crippen LogP) is 5.43. The lowest BCUT2D eigenvalue weighted by Gasteiger charge is -2.29. The molecule has 1 aromatic heterocycles. The third-order valence-electron chi connectivity index (χ3n) is 5.99. The molecule has 2 N–H and O–H groups in total. The highest BCUT2D eigenvalue weighted by molar-refractivity contribution is 6.31. The molecule has 1 aliphatic carbocycles. The Hall–Kier alpha value is -2.22. The van der Waals surface area contributed by atoms with Crippen molar-refractivity contribution in [1.29, 1.82) is 0 Å². The Kier molecular flexibility index (Phi) is 6.88. The second kappa shape index (κ2) is 9.10. The number of carbonyl (C=O) groups excluding carboxylic acids is 1. The van der Waals surface area contributed by atoms with Crippen LogP contribution in [0.4, 0.5) is 13.2 Å². The van der Waals surface area contributed by atoms with Crippen LogP contribution in [0, 0.1) is 19.8 Å². The number of aromatic nitrogens is 2. The zero-order valence-corrected chi connectivity index (χ0v) is 18.6. The van der Waals surface area contributed by atoms with Crippen molar-refractivity contribution in [2.45, 2.75) is 71.6 Å². The lowest BCUT2D eigenvalue weighted by molar-refractivity contribution is -0.138. The smallest absolute Gasteiger partial charge is 0.416 e. The maximum Gasteiger partial charge on any atom is 0.416 e. The zero-order valence-electron chi connectivity index (χ0n) is 17.8. The fourth-order valence-electron chi connectivity index (χ4n) is 4.27. The predicted molar refractivity (Wildman–Crippen MR) is 112 cm³/mol. The molecule has 0 spiro atoms. The van der Waals surface area contributed by atoms with Crippen LogP contribution >= 0.6 is 11.6 Å². The molecule has 170 valence electrons. The van der Waals surface area contributed by atoms with E-state index in [2.05, 4.69) is 10.4 Å². The number of nitrogens with zero attached hydrogens (tertiary/aromatic N) is 2. The number of carbonyl (C=O) groups is 1. The molecule has 1 heterocycles. The van der Waals surface area contributed by atoms with Crippen molar-refractivity contribution in [3.8, 4) is 5.75 Å². The summed E-state index contributed by atoms with van der Waals surface area (Å²) in [4.78, 5) is 12.6. The first kappa shape index (κ1) is 23.4. The number of hydrogen-bond acceptors (Lipinski definition) is 3. The molecule has 1 aromatic carbocycles. The molecule has 1 fully saturated rings. The second-order valence-corrected chi connectivity index (χ2v) is 8.63. The van der Waals surface area contributed by atoms with Gasteiger partial charge in [0.25, 0.3) is 5.91 Å². The molecule has 0 unspecified atom stereocenters. The molecule has 3 rings (SSSR count). The first-order valence-electron chi connectivity index (χ1n) is 10.4. The van der Waals surface area contributed by atoms with Gasteiger partial charge in [-0.3, -0.25) is 9.48 Å². The largest absolute Gasteiger partial charge is 0.507 e. The van der Waals surface area contributed by atoms with E-state index in [0.29, 0.717) is 23.8 Å². The van der Waals surface area contributed by atoms with Crippen molar-refractivity contribution in [1.82, 2.24) is 15.1 Å². The van der Waals surface area contributed by atoms with Crippen molar-refractivity contribution in [2.24, 2.45) is 5.92 Å². The number of rotatable bonds is 5. The minimum Gasteiger partial charge on any atom is -0.507 e. The average Bonchev–Trinajstić information content (AvgIpc) is 2.95. The van der Waals surface area contributed by atoms with E-state index in [0.717, 1.165) is 49.3 Å². The summed E-state index contributed by atoms with van der Waals surface area (Å²) in [5.41, 5.74) is 0.441. The second-order valence-electron chi connectivity index (χ2n) is 8.25. The Morgan fingerprint density at radius 2 is 1.90 bits per heavy atom. The van der Waals surface area contributed by atoms with E-state index in [1.807, 2.05) is 18.5 Å². The molecule has 31 heavy (non-hydrogen) atoms. The van der Waals surface area contributed by atoms with Gasteiger partial charge >= 0.3 is 6.18 Å². The van der Waals surface area contributed by atoms with Crippen LogP contribution in [0.3, 0.4) is 0 Å². The highest BCUT2D eigenvalue weighted by Gasteiger charge is 2.34. The van der Waals surface area contributed by atoms with Crippen LogP contribution in [0.2, 0.25) is 5.02 Å². The third kappa shape index (κ3) is 5.17. The maximum absolute atomic E-state index is 13.2. The van der Waals surface area contributed by atoms with E-state index < -0.39 is 23.4 Å². The molecule has 1 amide bonds. The van der Waals surface area contributed by atoms with Crippen molar-refractivity contribution in [3.05, 3.63) is 45.2 Å². The summed E-state index contributed by atoms with van der Waals surface area (Å²) in [6.45, 7) is 5.93. The number of phenols is 1. The Bertz CT molecular complexity index is 964. The fourth-order valence-corrected chi connectivity index (χ4v) is 4.54. The van der Waals surface area contributed by atoms with Crippen LogP contribution < -0.4 is 5.32 Å². The van der Waals surface area contributed by atoms with Crippen LogP contribution in [0.25, 0.3) is 0 Å².